The van der Waals surface area contributed by atoms with E-state index in [1.807, 2.05) is 6.20 Å². The van der Waals surface area contributed by atoms with Gasteiger partial charge in [-0.1, -0.05) is 6.07 Å². The summed E-state index contributed by atoms with van der Waals surface area (Å²) in [5, 5.41) is 0. The lowest BCUT2D eigenvalue weighted by Crippen LogP contribution is -2.08. The summed E-state index contributed by atoms with van der Waals surface area (Å²) in [7, 11) is 0. The standard InChI is InChI=1S/C11H16N2/c12-6-5-9-7-10-3-1-2-4-11(10)13-8-9/h7-8H,1-6,12H2. The van der Waals surface area contributed by atoms with Crippen LogP contribution in [0.2, 0.25) is 0 Å². The quantitative estimate of drug-likeness (QED) is 0.741. The molecule has 0 amide bonds. The Kier molecular flexibility index (Phi) is 2.60. The molecule has 2 nitrogen and oxygen atoms in total. The molecule has 0 atom stereocenters. The summed E-state index contributed by atoms with van der Waals surface area (Å²) < 4.78 is 0. The molecule has 1 aliphatic rings. The highest BCUT2D eigenvalue weighted by Gasteiger charge is 2.10. The summed E-state index contributed by atoms with van der Waals surface area (Å²) in [5.41, 5.74) is 9.57. The molecular formula is C11H16N2. The Labute approximate surface area is 79.2 Å². The smallest absolute Gasteiger partial charge is 0.0435 e. The third-order valence-corrected chi connectivity index (χ3v) is 2.66. The molecule has 70 valence electrons. The first-order valence-corrected chi connectivity index (χ1v) is 5.07. The van der Waals surface area contributed by atoms with Gasteiger partial charge in [-0.3, -0.25) is 4.98 Å². The minimum Gasteiger partial charge on any atom is -0.330 e. The molecule has 0 spiro atoms. The van der Waals surface area contributed by atoms with Crippen LogP contribution in [0.5, 0.6) is 0 Å². The average Bonchev–Trinajstić information content (AvgIpc) is 2.18. The van der Waals surface area contributed by atoms with Crippen LogP contribution in [0.15, 0.2) is 12.3 Å². The van der Waals surface area contributed by atoms with Crippen molar-refractivity contribution in [2.45, 2.75) is 32.1 Å². The molecule has 0 radical (unpaired) electrons. The van der Waals surface area contributed by atoms with E-state index in [0.29, 0.717) is 0 Å². The largest absolute Gasteiger partial charge is 0.330 e. The zero-order chi connectivity index (χ0) is 9.10. The van der Waals surface area contributed by atoms with E-state index in [2.05, 4.69) is 11.1 Å². The van der Waals surface area contributed by atoms with Gasteiger partial charge in [-0.2, -0.15) is 0 Å². The third kappa shape index (κ3) is 1.89. The van der Waals surface area contributed by atoms with E-state index in [1.165, 1.54) is 36.1 Å². The molecule has 0 saturated heterocycles. The van der Waals surface area contributed by atoms with Gasteiger partial charge in [0.05, 0.1) is 0 Å². The molecule has 0 aromatic carbocycles. The topological polar surface area (TPSA) is 38.9 Å². The van der Waals surface area contributed by atoms with Crippen molar-refractivity contribution in [3.05, 3.63) is 29.1 Å². The van der Waals surface area contributed by atoms with Crippen molar-refractivity contribution in [3.8, 4) is 0 Å². The Morgan fingerprint density at radius 1 is 1.31 bits per heavy atom. The fraction of sp³-hybridized carbons (Fsp3) is 0.545. The maximum atomic E-state index is 5.51. The number of aromatic nitrogens is 1. The molecule has 0 aliphatic heterocycles. The first-order chi connectivity index (χ1) is 6.40. The molecule has 13 heavy (non-hydrogen) atoms. The van der Waals surface area contributed by atoms with Crippen molar-refractivity contribution < 1.29 is 0 Å². The van der Waals surface area contributed by atoms with Crippen molar-refractivity contribution in [2.24, 2.45) is 5.73 Å². The number of nitrogens with zero attached hydrogens (tertiary/aromatic N) is 1. The number of nitrogens with two attached hydrogens (primary N) is 1. The number of hydrogen-bond acceptors (Lipinski definition) is 2. The number of fused-ring (bicyclic) bond motifs is 1. The Bertz CT molecular complexity index is 294. The van der Waals surface area contributed by atoms with Crippen LogP contribution in [0.25, 0.3) is 0 Å². The van der Waals surface area contributed by atoms with Gasteiger partial charge in [0.1, 0.15) is 0 Å². The Morgan fingerprint density at radius 2 is 2.15 bits per heavy atom. The van der Waals surface area contributed by atoms with Crippen LogP contribution in [0, 0.1) is 0 Å². The predicted molar refractivity (Wildman–Crippen MR) is 53.6 cm³/mol. The third-order valence-electron chi connectivity index (χ3n) is 2.66. The molecule has 2 rings (SSSR count). The van der Waals surface area contributed by atoms with E-state index in [0.717, 1.165) is 19.4 Å². The van der Waals surface area contributed by atoms with Crippen LogP contribution in [0.3, 0.4) is 0 Å². The van der Waals surface area contributed by atoms with Crippen molar-refractivity contribution in [1.82, 2.24) is 4.98 Å². The first kappa shape index (κ1) is 8.70. The number of pyridine rings is 1. The second-order valence-corrected chi connectivity index (χ2v) is 3.70. The number of rotatable bonds is 2. The van der Waals surface area contributed by atoms with Crippen LogP contribution in [-0.4, -0.2) is 11.5 Å². The second kappa shape index (κ2) is 3.88. The maximum absolute atomic E-state index is 5.51. The van der Waals surface area contributed by atoms with E-state index in [9.17, 15) is 0 Å². The molecule has 0 bridgehead atoms. The molecule has 0 fully saturated rings. The molecule has 0 unspecified atom stereocenters. The molecule has 2 N–H and O–H groups in total. The van der Waals surface area contributed by atoms with Gasteiger partial charge in [-0.05, 0) is 49.8 Å². The molecule has 1 heterocycles. The predicted octanol–water partition coefficient (Wildman–Crippen LogP) is 1.46. The van der Waals surface area contributed by atoms with Crippen LogP contribution < -0.4 is 5.73 Å². The van der Waals surface area contributed by atoms with Crippen LogP contribution >= 0.6 is 0 Å². The monoisotopic (exact) mass is 176 g/mol. The summed E-state index contributed by atoms with van der Waals surface area (Å²) >= 11 is 0. The zero-order valence-corrected chi connectivity index (χ0v) is 7.92. The maximum Gasteiger partial charge on any atom is 0.0435 e. The van der Waals surface area contributed by atoms with Gasteiger partial charge in [0.15, 0.2) is 0 Å². The number of hydrogen-bond donors (Lipinski definition) is 1. The van der Waals surface area contributed by atoms with Crippen LogP contribution in [0.4, 0.5) is 0 Å². The molecule has 2 heteroatoms. The highest BCUT2D eigenvalue weighted by Crippen LogP contribution is 2.19. The summed E-state index contributed by atoms with van der Waals surface area (Å²) in [6, 6.07) is 2.29. The highest BCUT2D eigenvalue weighted by molar-refractivity contribution is 5.27. The Balaban J connectivity index is 2.24. The van der Waals surface area contributed by atoms with Gasteiger partial charge in [0, 0.05) is 11.9 Å². The van der Waals surface area contributed by atoms with E-state index in [4.69, 9.17) is 5.73 Å². The fourth-order valence-corrected chi connectivity index (χ4v) is 1.94. The van der Waals surface area contributed by atoms with Gasteiger partial charge in [0.2, 0.25) is 0 Å². The van der Waals surface area contributed by atoms with Gasteiger partial charge < -0.3 is 5.73 Å². The van der Waals surface area contributed by atoms with Gasteiger partial charge in [0.25, 0.3) is 0 Å². The van der Waals surface area contributed by atoms with Crippen molar-refractivity contribution in [2.75, 3.05) is 6.54 Å². The van der Waals surface area contributed by atoms with Crippen molar-refractivity contribution in [1.29, 1.82) is 0 Å². The molecule has 1 aliphatic carbocycles. The lowest BCUT2D eigenvalue weighted by atomic mass is 9.95. The summed E-state index contributed by atoms with van der Waals surface area (Å²) in [6.07, 6.45) is 7.94. The van der Waals surface area contributed by atoms with E-state index < -0.39 is 0 Å². The zero-order valence-electron chi connectivity index (χ0n) is 7.92. The van der Waals surface area contributed by atoms with Crippen LogP contribution in [0.1, 0.15) is 29.7 Å². The first-order valence-electron chi connectivity index (χ1n) is 5.07. The molecule has 1 aromatic heterocycles. The SMILES string of the molecule is NCCc1cnc2c(c1)CCCC2. The van der Waals surface area contributed by atoms with E-state index >= 15 is 0 Å². The molecule has 1 aromatic rings. The summed E-state index contributed by atoms with van der Waals surface area (Å²) in [4.78, 5) is 4.48. The minimum atomic E-state index is 0.723. The average molecular weight is 176 g/mol. The normalized spacial score (nSPS) is 15.5. The highest BCUT2D eigenvalue weighted by atomic mass is 14.7. The molecular weight excluding hydrogens is 160 g/mol. The van der Waals surface area contributed by atoms with Gasteiger partial charge in [-0.15, -0.1) is 0 Å². The summed E-state index contributed by atoms with van der Waals surface area (Å²) in [5.74, 6) is 0. The lowest BCUT2D eigenvalue weighted by molar-refractivity contribution is 0.665. The second-order valence-electron chi connectivity index (χ2n) is 3.70. The lowest BCUT2D eigenvalue weighted by Gasteiger charge is -2.15. The number of aryl methyl sites for hydroxylation is 2. The van der Waals surface area contributed by atoms with Crippen LogP contribution in [-0.2, 0) is 19.3 Å². The van der Waals surface area contributed by atoms with E-state index in [1.54, 1.807) is 0 Å². The van der Waals surface area contributed by atoms with Gasteiger partial charge >= 0.3 is 0 Å². The van der Waals surface area contributed by atoms with Gasteiger partial charge in [-0.25, -0.2) is 0 Å². The van der Waals surface area contributed by atoms with Crippen molar-refractivity contribution >= 4 is 0 Å². The fourth-order valence-electron chi connectivity index (χ4n) is 1.94. The Hall–Kier alpha value is -0.890. The summed E-state index contributed by atoms with van der Waals surface area (Å²) in [6.45, 7) is 0.723. The Morgan fingerprint density at radius 3 is 3.00 bits per heavy atom. The molecule has 0 saturated carbocycles. The van der Waals surface area contributed by atoms with E-state index in [-0.39, 0.29) is 0 Å². The minimum absolute atomic E-state index is 0.723. The van der Waals surface area contributed by atoms with Crippen molar-refractivity contribution in [3.63, 3.8) is 0 Å².